The molecule has 24 heavy (non-hydrogen) atoms. The molecular weight excluding hydrogens is 318 g/mol. The third kappa shape index (κ3) is 3.07. The minimum absolute atomic E-state index is 0.379. The van der Waals surface area contributed by atoms with Gasteiger partial charge in [-0.2, -0.15) is 0 Å². The molecule has 0 amide bonds. The Morgan fingerprint density at radius 1 is 1.33 bits per heavy atom. The van der Waals surface area contributed by atoms with Gasteiger partial charge in [-0.25, -0.2) is 0 Å². The first kappa shape index (κ1) is 15.7. The summed E-state index contributed by atoms with van der Waals surface area (Å²) in [4.78, 5) is 3.33. The summed E-state index contributed by atoms with van der Waals surface area (Å²) in [6.45, 7) is 3.64. The quantitative estimate of drug-likeness (QED) is 0.494. The van der Waals surface area contributed by atoms with Crippen LogP contribution in [0.1, 0.15) is 17.5 Å². The zero-order chi connectivity index (χ0) is 16.5. The standard InChI is InChI=1S/C19H21N3OS/c20-19(17-3-1-2-4-18(17)24)21-15-6-5-13-10-16-12-23-8-7-22(16)11-14(13)9-15/h1-3,5-6,9,16H,4,7-8,10-12H2,(H2,20,21). The Balaban J connectivity index is 1.51. The highest BCUT2D eigenvalue weighted by Crippen LogP contribution is 2.28. The van der Waals surface area contributed by atoms with Crippen molar-refractivity contribution in [1.82, 2.24) is 4.90 Å². The van der Waals surface area contributed by atoms with Crippen LogP contribution in [0.2, 0.25) is 0 Å². The fraction of sp³-hybridized carbons (Fsp3) is 0.368. The second kappa shape index (κ2) is 6.59. The van der Waals surface area contributed by atoms with Crippen molar-refractivity contribution >= 4 is 28.6 Å². The lowest BCUT2D eigenvalue weighted by molar-refractivity contribution is -0.0163. The van der Waals surface area contributed by atoms with E-state index in [0.29, 0.717) is 11.9 Å². The van der Waals surface area contributed by atoms with Gasteiger partial charge in [-0.05, 0) is 29.7 Å². The lowest BCUT2D eigenvalue weighted by Crippen LogP contribution is -2.48. The van der Waals surface area contributed by atoms with E-state index in [9.17, 15) is 0 Å². The van der Waals surface area contributed by atoms with Crippen LogP contribution in [-0.4, -0.2) is 41.4 Å². The van der Waals surface area contributed by atoms with Gasteiger partial charge in [0, 0.05) is 41.7 Å². The number of allylic oxidation sites excluding steroid dienone is 3. The fourth-order valence-corrected chi connectivity index (χ4v) is 3.85. The zero-order valence-electron chi connectivity index (χ0n) is 13.5. The molecule has 1 fully saturated rings. The second-order valence-electron chi connectivity index (χ2n) is 6.52. The molecule has 0 saturated carbocycles. The molecule has 0 aromatic heterocycles. The number of rotatable bonds is 2. The Morgan fingerprint density at radius 3 is 3.12 bits per heavy atom. The largest absolute Gasteiger partial charge is 0.378 e. The van der Waals surface area contributed by atoms with Gasteiger partial charge < -0.3 is 10.1 Å². The minimum Gasteiger partial charge on any atom is -0.378 e. The second-order valence-corrected chi connectivity index (χ2v) is 7.02. The molecule has 2 aliphatic heterocycles. The van der Waals surface area contributed by atoms with E-state index in [1.54, 1.807) is 0 Å². The number of amidine groups is 1. The van der Waals surface area contributed by atoms with Gasteiger partial charge in [-0.3, -0.25) is 10.3 Å². The number of hydrogen-bond acceptors (Lipinski definition) is 4. The van der Waals surface area contributed by atoms with E-state index in [1.807, 2.05) is 18.2 Å². The molecular formula is C19H21N3OS. The Bertz CT molecular complexity index is 753. The van der Waals surface area contributed by atoms with Crippen LogP contribution < -0.4 is 5.32 Å². The van der Waals surface area contributed by atoms with Crippen molar-refractivity contribution in [3.63, 3.8) is 0 Å². The van der Waals surface area contributed by atoms with Crippen LogP contribution in [0.3, 0.4) is 0 Å². The van der Waals surface area contributed by atoms with Crippen LogP contribution in [0.25, 0.3) is 0 Å². The van der Waals surface area contributed by atoms with E-state index in [-0.39, 0.29) is 0 Å². The van der Waals surface area contributed by atoms with Crippen molar-refractivity contribution < 1.29 is 4.74 Å². The molecule has 3 aliphatic rings. The Hall–Kier alpha value is -1.82. The maximum atomic E-state index is 8.31. The van der Waals surface area contributed by atoms with Crippen LogP contribution >= 0.6 is 12.2 Å². The van der Waals surface area contributed by atoms with Crippen molar-refractivity contribution in [1.29, 1.82) is 5.41 Å². The monoisotopic (exact) mass is 339 g/mol. The van der Waals surface area contributed by atoms with Gasteiger partial charge >= 0.3 is 0 Å². The lowest BCUT2D eigenvalue weighted by Gasteiger charge is -2.40. The molecule has 124 valence electrons. The highest BCUT2D eigenvalue weighted by atomic mass is 32.1. The van der Waals surface area contributed by atoms with E-state index in [4.69, 9.17) is 22.4 Å². The summed E-state index contributed by atoms with van der Waals surface area (Å²) in [5.74, 6) is 0.379. The number of anilines is 1. The van der Waals surface area contributed by atoms with Crippen LogP contribution in [0.4, 0.5) is 5.69 Å². The lowest BCUT2D eigenvalue weighted by atomic mass is 9.93. The van der Waals surface area contributed by atoms with Gasteiger partial charge in [0.2, 0.25) is 0 Å². The third-order valence-electron chi connectivity index (χ3n) is 4.93. The predicted octanol–water partition coefficient (Wildman–Crippen LogP) is 3.09. The maximum Gasteiger partial charge on any atom is 0.131 e. The molecule has 5 heteroatoms. The number of ether oxygens (including phenoxy) is 1. The van der Waals surface area contributed by atoms with Crippen LogP contribution in [0.15, 0.2) is 42.0 Å². The topological polar surface area (TPSA) is 48.4 Å². The summed E-state index contributed by atoms with van der Waals surface area (Å²) in [7, 11) is 0. The molecule has 0 radical (unpaired) electrons. The van der Waals surface area contributed by atoms with Crippen molar-refractivity contribution in [2.24, 2.45) is 0 Å². The highest BCUT2D eigenvalue weighted by molar-refractivity contribution is 7.81. The summed E-state index contributed by atoms with van der Waals surface area (Å²) < 4.78 is 5.60. The normalized spacial score (nSPS) is 23.2. The van der Waals surface area contributed by atoms with E-state index in [0.717, 1.165) is 55.3 Å². The molecule has 1 aliphatic carbocycles. The Kier molecular flexibility index (Phi) is 4.31. The molecule has 4 rings (SSSR count). The Morgan fingerprint density at radius 2 is 2.25 bits per heavy atom. The van der Waals surface area contributed by atoms with E-state index >= 15 is 0 Å². The van der Waals surface area contributed by atoms with Crippen molar-refractivity contribution in [2.75, 3.05) is 25.1 Å². The number of benzene rings is 1. The third-order valence-corrected chi connectivity index (χ3v) is 5.31. The number of nitrogens with one attached hydrogen (secondary N) is 2. The average molecular weight is 339 g/mol. The molecule has 1 unspecified atom stereocenters. The van der Waals surface area contributed by atoms with Crippen molar-refractivity contribution in [2.45, 2.75) is 25.4 Å². The summed E-state index contributed by atoms with van der Waals surface area (Å²) >= 11 is 5.36. The molecule has 0 spiro atoms. The molecule has 1 aromatic rings. The van der Waals surface area contributed by atoms with E-state index in [2.05, 4.69) is 28.4 Å². The molecule has 4 nitrogen and oxygen atoms in total. The van der Waals surface area contributed by atoms with E-state index in [1.165, 1.54) is 11.1 Å². The molecule has 1 saturated heterocycles. The Labute approximate surface area is 147 Å². The summed E-state index contributed by atoms with van der Waals surface area (Å²) in [5, 5.41) is 11.5. The number of hydrogen-bond donors (Lipinski definition) is 2. The summed E-state index contributed by atoms with van der Waals surface area (Å²) in [6.07, 6.45) is 7.70. The molecule has 2 heterocycles. The average Bonchev–Trinajstić information content (AvgIpc) is 2.60. The molecule has 1 atom stereocenters. The van der Waals surface area contributed by atoms with Gasteiger partial charge in [0.25, 0.3) is 0 Å². The number of nitrogens with zero attached hydrogens (tertiary/aromatic N) is 1. The van der Waals surface area contributed by atoms with Crippen LogP contribution in [-0.2, 0) is 17.7 Å². The first-order chi connectivity index (χ1) is 11.7. The SMILES string of the molecule is N=C(Nc1ccc2c(c1)CN1CCOCC1C2)C1=CC=CCC1=S. The fourth-order valence-electron chi connectivity index (χ4n) is 3.58. The summed E-state index contributed by atoms with van der Waals surface area (Å²) in [5.41, 5.74) is 4.53. The number of fused-ring (bicyclic) bond motifs is 2. The predicted molar refractivity (Wildman–Crippen MR) is 101 cm³/mol. The molecule has 0 bridgehead atoms. The molecule has 2 N–H and O–H groups in total. The van der Waals surface area contributed by atoms with Gasteiger partial charge in [-0.1, -0.05) is 36.5 Å². The smallest absolute Gasteiger partial charge is 0.131 e. The number of thiocarbonyl (C=S) groups is 1. The van der Waals surface area contributed by atoms with Crippen LogP contribution in [0, 0.1) is 5.41 Å². The minimum atomic E-state index is 0.379. The first-order valence-corrected chi connectivity index (χ1v) is 8.81. The first-order valence-electron chi connectivity index (χ1n) is 8.40. The van der Waals surface area contributed by atoms with Gasteiger partial charge in [-0.15, -0.1) is 0 Å². The highest BCUT2D eigenvalue weighted by Gasteiger charge is 2.28. The van der Waals surface area contributed by atoms with E-state index < -0.39 is 0 Å². The zero-order valence-corrected chi connectivity index (χ0v) is 14.4. The molecule has 1 aromatic carbocycles. The van der Waals surface area contributed by atoms with Gasteiger partial charge in [0.05, 0.1) is 13.2 Å². The van der Waals surface area contributed by atoms with Gasteiger partial charge in [0.1, 0.15) is 5.84 Å². The van der Waals surface area contributed by atoms with Crippen molar-refractivity contribution in [3.05, 3.63) is 53.1 Å². The van der Waals surface area contributed by atoms with Crippen molar-refractivity contribution in [3.8, 4) is 0 Å². The number of morpholine rings is 1. The maximum absolute atomic E-state index is 8.31. The van der Waals surface area contributed by atoms with Gasteiger partial charge in [0.15, 0.2) is 0 Å². The van der Waals surface area contributed by atoms with Crippen LogP contribution in [0.5, 0.6) is 0 Å². The summed E-state index contributed by atoms with van der Waals surface area (Å²) in [6, 6.07) is 6.94.